The monoisotopic (exact) mass is 464 g/mol. The molecule has 3 aromatic rings. The molecule has 0 bridgehead atoms. The van der Waals surface area contributed by atoms with Crippen LogP contribution in [0.25, 0.3) is 0 Å². The average molecular weight is 464 g/mol. The van der Waals surface area contributed by atoms with Gasteiger partial charge in [0, 0.05) is 17.7 Å². The molecule has 0 aromatic heterocycles. The molecule has 5 rings (SSSR count). The highest BCUT2D eigenvalue weighted by molar-refractivity contribution is 6.01. The average Bonchev–Trinajstić information content (AvgIpc) is 3.00. The number of carbonyl (C=O) groups excluding carboxylic acids is 1. The highest BCUT2D eigenvalue weighted by atomic mass is 19.4. The van der Waals surface area contributed by atoms with Crippen LogP contribution in [-0.4, -0.2) is 12.9 Å². The number of methoxy groups -OCH3 is 1. The Morgan fingerprint density at radius 2 is 1.50 bits per heavy atom. The maximum absolute atomic E-state index is 13.5. The lowest BCUT2D eigenvalue weighted by Crippen LogP contribution is -2.27. The predicted octanol–water partition coefficient (Wildman–Crippen LogP) is 6.69. The van der Waals surface area contributed by atoms with E-state index in [4.69, 9.17) is 4.74 Å². The largest absolute Gasteiger partial charge is 0.497 e. The van der Waals surface area contributed by atoms with Crippen LogP contribution in [0.5, 0.6) is 5.75 Å². The van der Waals surface area contributed by atoms with E-state index in [1.807, 2.05) is 48.5 Å². The number of nitrogens with one attached hydrogen (secondary N) is 2. The quantitative estimate of drug-likeness (QED) is 0.453. The molecule has 2 aliphatic rings. The third-order valence-corrected chi connectivity index (χ3v) is 6.47. The molecule has 0 saturated carbocycles. The van der Waals surface area contributed by atoms with Crippen LogP contribution in [0, 0.1) is 0 Å². The molecule has 0 spiro atoms. The van der Waals surface area contributed by atoms with E-state index in [9.17, 15) is 18.0 Å². The fraction of sp³-hybridized carbons (Fsp3) is 0.222. The van der Waals surface area contributed by atoms with Crippen molar-refractivity contribution in [3.63, 3.8) is 0 Å². The van der Waals surface area contributed by atoms with Gasteiger partial charge in [-0.05, 0) is 59.9 Å². The van der Waals surface area contributed by atoms with Crippen LogP contribution in [0.2, 0.25) is 0 Å². The number of hydrogen-bond acceptors (Lipinski definition) is 4. The minimum atomic E-state index is -4.42. The number of carbonyl (C=O) groups is 1. The Hall–Kier alpha value is -3.74. The lowest BCUT2D eigenvalue weighted by atomic mass is 9.78. The van der Waals surface area contributed by atoms with E-state index in [1.165, 1.54) is 12.1 Å². The summed E-state index contributed by atoms with van der Waals surface area (Å²) in [4.78, 5) is 13.5. The van der Waals surface area contributed by atoms with Crippen LogP contribution >= 0.6 is 0 Å². The van der Waals surface area contributed by atoms with Crippen LogP contribution in [0.4, 0.5) is 24.5 Å². The van der Waals surface area contributed by atoms with Crippen molar-refractivity contribution in [1.82, 2.24) is 0 Å². The molecule has 0 unspecified atom stereocenters. The maximum Gasteiger partial charge on any atom is 0.416 e. The van der Waals surface area contributed by atoms with Gasteiger partial charge in [0.1, 0.15) is 5.75 Å². The Morgan fingerprint density at radius 3 is 2.15 bits per heavy atom. The fourth-order valence-corrected chi connectivity index (χ4v) is 4.72. The number of ether oxygens (including phenoxy) is 1. The number of halogens is 3. The standard InChI is InChI=1S/C27H23F3N2O2/c1-34-20-12-8-16(9-13-20)18-14-23-25(24(33)15-18)26(32-22-5-3-2-4-21(22)31-23)17-6-10-19(11-7-17)27(28,29)30/h2-13,18,26,31-32H,14-15H2,1H3/t18-,26+/m1/s1. The summed E-state index contributed by atoms with van der Waals surface area (Å²) in [5.74, 6) is 0.710. The second-order valence-electron chi connectivity index (χ2n) is 8.56. The number of hydrogen-bond donors (Lipinski definition) is 2. The number of ketones is 1. The molecule has 1 aliphatic carbocycles. The fourth-order valence-electron chi connectivity index (χ4n) is 4.72. The zero-order valence-corrected chi connectivity index (χ0v) is 18.4. The molecule has 1 aliphatic heterocycles. The first-order valence-corrected chi connectivity index (χ1v) is 11.0. The molecule has 2 atom stereocenters. The first-order chi connectivity index (χ1) is 16.3. The highest BCUT2D eigenvalue weighted by Crippen LogP contribution is 2.44. The molecular weight excluding hydrogens is 441 g/mol. The lowest BCUT2D eigenvalue weighted by molar-refractivity contribution is -0.137. The molecule has 0 fully saturated rings. The molecule has 7 heteroatoms. The minimum Gasteiger partial charge on any atom is -0.497 e. The van der Waals surface area contributed by atoms with E-state index in [0.29, 0.717) is 24.0 Å². The number of para-hydroxylation sites is 2. The Balaban J connectivity index is 1.55. The van der Waals surface area contributed by atoms with E-state index < -0.39 is 17.8 Å². The predicted molar refractivity (Wildman–Crippen MR) is 125 cm³/mol. The van der Waals surface area contributed by atoms with Crippen LogP contribution in [0.3, 0.4) is 0 Å². The third kappa shape index (κ3) is 4.14. The van der Waals surface area contributed by atoms with Crippen LogP contribution < -0.4 is 15.4 Å². The summed E-state index contributed by atoms with van der Waals surface area (Å²) in [7, 11) is 1.61. The normalized spacial score (nSPS) is 19.9. The van der Waals surface area contributed by atoms with E-state index in [2.05, 4.69) is 10.6 Å². The molecule has 2 N–H and O–H groups in total. The Bertz CT molecular complexity index is 1250. The van der Waals surface area contributed by atoms with Gasteiger partial charge in [0.2, 0.25) is 0 Å². The SMILES string of the molecule is COc1ccc([C@H]2CC(=O)C3=C(C2)Nc2ccccc2N[C@H]3c2ccc(C(F)(F)F)cc2)cc1. The van der Waals surface area contributed by atoms with Crippen molar-refractivity contribution in [2.45, 2.75) is 31.0 Å². The first-order valence-electron chi connectivity index (χ1n) is 11.0. The minimum absolute atomic E-state index is 0.0110. The number of rotatable bonds is 3. The Labute approximate surface area is 195 Å². The van der Waals surface area contributed by atoms with Gasteiger partial charge in [-0.25, -0.2) is 0 Å². The highest BCUT2D eigenvalue weighted by Gasteiger charge is 2.37. The molecule has 34 heavy (non-hydrogen) atoms. The number of Topliss-reactive ketones (excluding diaryl/α,β-unsaturated/α-hetero) is 1. The molecule has 3 aromatic carbocycles. The molecule has 4 nitrogen and oxygen atoms in total. The topological polar surface area (TPSA) is 50.4 Å². The molecule has 0 radical (unpaired) electrons. The Morgan fingerprint density at radius 1 is 0.853 bits per heavy atom. The van der Waals surface area contributed by atoms with Gasteiger partial charge in [0.15, 0.2) is 5.78 Å². The number of benzene rings is 3. The van der Waals surface area contributed by atoms with E-state index in [1.54, 1.807) is 7.11 Å². The summed E-state index contributed by atoms with van der Waals surface area (Å²) in [5.41, 5.74) is 3.91. The zero-order valence-electron chi connectivity index (χ0n) is 18.4. The summed E-state index contributed by atoms with van der Waals surface area (Å²) >= 11 is 0. The second kappa shape index (κ2) is 8.56. The molecule has 174 valence electrons. The number of anilines is 2. The van der Waals surface area contributed by atoms with Crippen molar-refractivity contribution in [2.24, 2.45) is 0 Å². The van der Waals surface area contributed by atoms with Gasteiger partial charge in [-0.3, -0.25) is 4.79 Å². The summed E-state index contributed by atoms with van der Waals surface area (Å²) in [6.45, 7) is 0. The summed E-state index contributed by atoms with van der Waals surface area (Å²) in [6.07, 6.45) is -3.48. The van der Waals surface area contributed by atoms with Gasteiger partial charge in [0.25, 0.3) is 0 Å². The van der Waals surface area contributed by atoms with Crippen LogP contribution in [0.1, 0.15) is 41.5 Å². The third-order valence-electron chi connectivity index (χ3n) is 6.47. The molecular formula is C27H23F3N2O2. The summed E-state index contributed by atoms with van der Waals surface area (Å²) in [5, 5.41) is 6.84. The van der Waals surface area contributed by atoms with E-state index in [0.717, 1.165) is 40.5 Å². The van der Waals surface area contributed by atoms with Crippen molar-refractivity contribution < 1.29 is 22.7 Å². The number of alkyl halides is 3. The lowest BCUT2D eigenvalue weighted by Gasteiger charge is -2.30. The smallest absolute Gasteiger partial charge is 0.416 e. The summed E-state index contributed by atoms with van der Waals surface area (Å²) in [6, 6.07) is 19.8. The summed E-state index contributed by atoms with van der Waals surface area (Å²) < 4.78 is 44.6. The number of fused-ring (bicyclic) bond motifs is 1. The van der Waals surface area contributed by atoms with Crippen molar-refractivity contribution in [1.29, 1.82) is 0 Å². The van der Waals surface area contributed by atoms with E-state index >= 15 is 0 Å². The van der Waals surface area contributed by atoms with Crippen molar-refractivity contribution in [2.75, 3.05) is 17.7 Å². The zero-order chi connectivity index (χ0) is 23.9. The molecule has 1 heterocycles. The van der Waals surface area contributed by atoms with Gasteiger partial charge in [-0.2, -0.15) is 13.2 Å². The van der Waals surface area contributed by atoms with E-state index in [-0.39, 0.29) is 11.7 Å². The van der Waals surface area contributed by atoms with Gasteiger partial charge >= 0.3 is 6.18 Å². The molecule has 0 saturated heterocycles. The van der Waals surface area contributed by atoms with Crippen molar-refractivity contribution in [3.8, 4) is 5.75 Å². The second-order valence-corrected chi connectivity index (χ2v) is 8.56. The van der Waals surface area contributed by atoms with Crippen LogP contribution in [-0.2, 0) is 11.0 Å². The van der Waals surface area contributed by atoms with Gasteiger partial charge < -0.3 is 15.4 Å². The van der Waals surface area contributed by atoms with Gasteiger partial charge in [-0.15, -0.1) is 0 Å². The molecule has 0 amide bonds. The van der Waals surface area contributed by atoms with Gasteiger partial charge in [-0.1, -0.05) is 36.4 Å². The van der Waals surface area contributed by atoms with Crippen molar-refractivity contribution >= 4 is 17.2 Å². The maximum atomic E-state index is 13.5. The van der Waals surface area contributed by atoms with Crippen LogP contribution in [0.15, 0.2) is 84.1 Å². The van der Waals surface area contributed by atoms with Gasteiger partial charge in [0.05, 0.1) is 30.1 Å². The number of allylic oxidation sites excluding steroid dienone is 1. The van der Waals surface area contributed by atoms with Crippen molar-refractivity contribution in [3.05, 3.63) is 101 Å². The first kappa shape index (κ1) is 22.1. The Kier molecular flexibility index (Phi) is 5.55.